The molecule has 4 N–H and O–H groups in total. The van der Waals surface area contributed by atoms with E-state index in [4.69, 9.17) is 28.7 Å². The standard InChI is InChI=1S/C40H55N5O9S/c1-39(2,3)32-23-55-35(42-32)26-13-9-25(10-14-26)20-45(44-34(47)33(40(4,5)6)43-37(48)51-8)21-30(46)29(19-24-11-15-27(50-7)16-12-24)41-38(49)54-31-22-53-36-28(31)17-18-52-36/h9-16,23,28-31,33,36,46H,17-22H2,1-8H3,(H,41,49)(H,43,48)(H,44,47)/t28?,29?,30-,31?,33?,36?/m0/s1. The molecule has 3 amide bonds. The van der Waals surface area contributed by atoms with E-state index in [9.17, 15) is 19.5 Å². The smallest absolute Gasteiger partial charge is 0.407 e. The number of aliphatic hydroxyl groups is 1. The van der Waals surface area contributed by atoms with E-state index in [0.717, 1.165) is 33.8 Å². The zero-order chi connectivity index (χ0) is 39.9. The molecular formula is C40H55N5O9S. The molecule has 300 valence electrons. The third-order valence-electron chi connectivity index (χ3n) is 9.72. The Labute approximate surface area is 327 Å². The van der Waals surface area contributed by atoms with Gasteiger partial charge in [0, 0.05) is 29.4 Å². The van der Waals surface area contributed by atoms with E-state index in [2.05, 4.69) is 42.2 Å². The Morgan fingerprint density at radius 2 is 1.65 bits per heavy atom. The molecule has 2 fully saturated rings. The molecule has 3 heterocycles. The average molecular weight is 782 g/mol. The second-order valence-electron chi connectivity index (χ2n) is 16.1. The number of carbonyl (C=O) groups is 3. The van der Waals surface area contributed by atoms with Gasteiger partial charge in [-0.2, -0.15) is 0 Å². The first-order valence-corrected chi connectivity index (χ1v) is 19.4. The monoisotopic (exact) mass is 781 g/mol. The van der Waals surface area contributed by atoms with Crippen LogP contribution in [0.3, 0.4) is 0 Å². The number of aromatic nitrogens is 1. The maximum Gasteiger partial charge on any atom is 0.407 e. The summed E-state index contributed by atoms with van der Waals surface area (Å²) in [7, 11) is 2.81. The highest BCUT2D eigenvalue weighted by Gasteiger charge is 2.44. The summed E-state index contributed by atoms with van der Waals surface area (Å²) >= 11 is 1.58. The van der Waals surface area contributed by atoms with Gasteiger partial charge in [0.25, 0.3) is 5.91 Å². The molecular weight excluding hydrogens is 727 g/mol. The molecule has 0 spiro atoms. The quantitative estimate of drug-likeness (QED) is 0.159. The van der Waals surface area contributed by atoms with Crippen LogP contribution in [0, 0.1) is 11.3 Å². The Bertz CT molecular complexity index is 1740. The second kappa shape index (κ2) is 18.1. The lowest BCUT2D eigenvalue weighted by Crippen LogP contribution is -2.59. The van der Waals surface area contributed by atoms with Gasteiger partial charge in [-0.25, -0.2) is 19.6 Å². The molecule has 2 aliphatic rings. The molecule has 0 bridgehead atoms. The highest BCUT2D eigenvalue weighted by atomic mass is 32.1. The zero-order valence-electron chi connectivity index (χ0n) is 32.9. The Balaban J connectivity index is 1.38. The number of methoxy groups -OCH3 is 2. The molecule has 14 nitrogen and oxygen atoms in total. The fourth-order valence-corrected chi connectivity index (χ4v) is 7.52. The zero-order valence-corrected chi connectivity index (χ0v) is 33.7. The van der Waals surface area contributed by atoms with E-state index in [0.29, 0.717) is 12.4 Å². The van der Waals surface area contributed by atoms with Crippen molar-refractivity contribution in [3.8, 4) is 16.3 Å². The molecule has 5 unspecified atom stereocenters. The number of carbonyl (C=O) groups excluding carboxylic acids is 3. The predicted octanol–water partition coefficient (Wildman–Crippen LogP) is 5.18. The highest BCUT2D eigenvalue weighted by molar-refractivity contribution is 7.13. The Morgan fingerprint density at radius 1 is 0.964 bits per heavy atom. The van der Waals surface area contributed by atoms with E-state index in [1.807, 2.05) is 57.2 Å². The summed E-state index contributed by atoms with van der Waals surface area (Å²) in [5.41, 5.74) is 5.81. The summed E-state index contributed by atoms with van der Waals surface area (Å²) in [6.07, 6.45) is -2.56. The van der Waals surface area contributed by atoms with Crippen LogP contribution in [0.5, 0.6) is 5.75 Å². The molecule has 2 aliphatic heterocycles. The summed E-state index contributed by atoms with van der Waals surface area (Å²) < 4.78 is 27.2. The summed E-state index contributed by atoms with van der Waals surface area (Å²) in [4.78, 5) is 44.4. The first kappa shape index (κ1) is 41.9. The average Bonchev–Trinajstić information content (AvgIpc) is 3.90. The van der Waals surface area contributed by atoms with E-state index in [-0.39, 0.29) is 37.5 Å². The van der Waals surface area contributed by atoms with Gasteiger partial charge in [0.15, 0.2) is 6.29 Å². The van der Waals surface area contributed by atoms with Crippen molar-refractivity contribution < 1.29 is 43.2 Å². The number of hydrogen-bond acceptors (Lipinski definition) is 12. The fourth-order valence-electron chi connectivity index (χ4n) is 6.47. The van der Waals surface area contributed by atoms with E-state index >= 15 is 0 Å². The number of hydrogen-bond donors (Lipinski definition) is 4. The largest absolute Gasteiger partial charge is 0.497 e. The highest BCUT2D eigenvalue weighted by Crippen LogP contribution is 2.33. The number of benzene rings is 2. The number of aliphatic hydroxyl groups excluding tert-OH is 1. The SMILES string of the molecule is COC(=O)NC(C(=O)NN(Cc1ccc(-c2nc(C(C)(C)C)cs2)cc1)C[C@H](O)C(Cc1ccc(OC)cc1)NC(=O)OC1COC2OCCC12)C(C)(C)C. The van der Waals surface area contributed by atoms with Crippen molar-refractivity contribution in [2.45, 2.75) is 96.9 Å². The van der Waals surface area contributed by atoms with Crippen LogP contribution in [-0.4, -0.2) is 97.8 Å². The van der Waals surface area contributed by atoms with E-state index < -0.39 is 54.1 Å². The van der Waals surface area contributed by atoms with Crippen LogP contribution in [0.15, 0.2) is 53.9 Å². The number of ether oxygens (including phenoxy) is 5. The van der Waals surface area contributed by atoms with Gasteiger partial charge in [-0.15, -0.1) is 11.3 Å². The van der Waals surface area contributed by atoms with Gasteiger partial charge < -0.3 is 39.4 Å². The third kappa shape index (κ3) is 11.4. The fraction of sp³-hybridized carbons (Fsp3) is 0.550. The lowest BCUT2D eigenvalue weighted by atomic mass is 9.86. The van der Waals surface area contributed by atoms with E-state index in [1.54, 1.807) is 35.6 Å². The number of amides is 3. The molecule has 0 saturated carbocycles. The maximum absolute atomic E-state index is 13.9. The predicted molar refractivity (Wildman–Crippen MR) is 207 cm³/mol. The van der Waals surface area contributed by atoms with Crippen molar-refractivity contribution in [1.29, 1.82) is 0 Å². The molecule has 15 heteroatoms. The topological polar surface area (TPSA) is 170 Å². The Kier molecular flexibility index (Phi) is 13.8. The van der Waals surface area contributed by atoms with Crippen LogP contribution >= 0.6 is 11.3 Å². The maximum atomic E-state index is 13.9. The molecule has 0 radical (unpaired) electrons. The molecule has 6 atom stereocenters. The van der Waals surface area contributed by atoms with Gasteiger partial charge in [0.05, 0.1) is 51.2 Å². The molecule has 0 aliphatic carbocycles. The number of hydrazine groups is 1. The van der Waals surface area contributed by atoms with Crippen LogP contribution in [0.4, 0.5) is 9.59 Å². The summed E-state index contributed by atoms with van der Waals surface area (Å²) in [5.74, 6) is 0.104. The van der Waals surface area contributed by atoms with Crippen LogP contribution in [-0.2, 0) is 42.1 Å². The first-order chi connectivity index (χ1) is 26.0. The molecule has 3 aromatic rings. The van der Waals surface area contributed by atoms with Crippen molar-refractivity contribution in [3.63, 3.8) is 0 Å². The second-order valence-corrected chi connectivity index (χ2v) is 17.0. The lowest BCUT2D eigenvalue weighted by molar-refractivity contribution is -0.131. The Hall–Kier alpha value is -4.28. The molecule has 2 saturated heterocycles. The number of nitrogens with one attached hydrogen (secondary N) is 3. The lowest BCUT2D eigenvalue weighted by Gasteiger charge is -2.34. The first-order valence-electron chi connectivity index (χ1n) is 18.5. The van der Waals surface area contributed by atoms with Crippen molar-refractivity contribution in [2.75, 3.05) is 34.0 Å². The molecule has 55 heavy (non-hydrogen) atoms. The minimum atomic E-state index is -1.20. The molecule has 1 aromatic heterocycles. The number of nitrogens with zero attached hydrogens (tertiary/aromatic N) is 2. The summed E-state index contributed by atoms with van der Waals surface area (Å²) in [6.45, 7) is 12.7. The normalized spacial score (nSPS) is 19.9. The third-order valence-corrected chi connectivity index (χ3v) is 10.6. The van der Waals surface area contributed by atoms with Gasteiger partial charge in [0.2, 0.25) is 0 Å². The summed E-state index contributed by atoms with van der Waals surface area (Å²) in [6, 6.07) is 13.4. The molecule has 2 aromatic carbocycles. The van der Waals surface area contributed by atoms with Crippen molar-refractivity contribution >= 4 is 29.4 Å². The van der Waals surface area contributed by atoms with Gasteiger partial charge in [0.1, 0.15) is 22.9 Å². The van der Waals surface area contributed by atoms with E-state index in [1.165, 1.54) is 7.11 Å². The molecule has 5 rings (SSSR count). The van der Waals surface area contributed by atoms with Crippen LogP contribution in [0.2, 0.25) is 0 Å². The number of rotatable bonds is 14. The minimum absolute atomic E-state index is 0.0571. The van der Waals surface area contributed by atoms with Crippen molar-refractivity contribution in [3.05, 3.63) is 70.7 Å². The van der Waals surface area contributed by atoms with Crippen LogP contribution in [0.25, 0.3) is 10.6 Å². The number of thiazole rings is 1. The van der Waals surface area contributed by atoms with Gasteiger partial charge >= 0.3 is 12.2 Å². The van der Waals surface area contributed by atoms with Crippen molar-refractivity contribution in [2.24, 2.45) is 11.3 Å². The minimum Gasteiger partial charge on any atom is -0.497 e. The van der Waals surface area contributed by atoms with Gasteiger partial charge in [-0.3, -0.25) is 10.2 Å². The van der Waals surface area contributed by atoms with Crippen LogP contribution in [0.1, 0.15) is 64.8 Å². The van der Waals surface area contributed by atoms with Gasteiger partial charge in [-0.1, -0.05) is 77.9 Å². The summed E-state index contributed by atoms with van der Waals surface area (Å²) in [5, 5.41) is 22.0. The van der Waals surface area contributed by atoms with Crippen molar-refractivity contribution in [1.82, 2.24) is 26.1 Å². The Morgan fingerprint density at radius 3 is 2.27 bits per heavy atom. The number of alkyl carbamates (subject to hydrolysis) is 2. The number of fused-ring (bicyclic) bond motifs is 1. The van der Waals surface area contributed by atoms with Gasteiger partial charge in [-0.05, 0) is 41.5 Å². The van der Waals surface area contributed by atoms with Crippen LogP contribution < -0.4 is 20.8 Å².